The maximum absolute atomic E-state index is 3.82. The summed E-state index contributed by atoms with van der Waals surface area (Å²) in [7, 11) is 0. The van der Waals surface area contributed by atoms with Crippen molar-refractivity contribution in [2.24, 2.45) is 5.92 Å². The van der Waals surface area contributed by atoms with E-state index < -0.39 is 0 Å². The molecule has 2 saturated carbocycles. The van der Waals surface area contributed by atoms with E-state index in [-0.39, 0.29) is 0 Å². The third kappa shape index (κ3) is 2.46. The monoisotopic (exact) mass is 181 g/mol. The fraction of sp³-hybridized carbons (Fsp3) is 1.00. The summed E-state index contributed by atoms with van der Waals surface area (Å²) in [4.78, 5) is 0. The molecular weight excluding hydrogens is 158 g/mol. The molecule has 2 aliphatic carbocycles. The van der Waals surface area contributed by atoms with E-state index in [0.29, 0.717) is 0 Å². The normalized spacial score (nSPS) is 28.4. The van der Waals surface area contributed by atoms with Crippen molar-refractivity contribution in [3.63, 3.8) is 0 Å². The van der Waals surface area contributed by atoms with Crippen LogP contribution in [0.3, 0.4) is 0 Å². The zero-order chi connectivity index (χ0) is 9.10. The first-order valence-electron chi connectivity index (χ1n) is 6.12. The van der Waals surface area contributed by atoms with Crippen molar-refractivity contribution in [2.45, 2.75) is 70.4 Å². The molecule has 1 nitrogen and oxygen atoms in total. The Bertz CT molecular complexity index is 143. The van der Waals surface area contributed by atoms with E-state index in [2.05, 4.69) is 12.2 Å². The number of rotatable bonds is 3. The minimum Gasteiger partial charge on any atom is -0.311 e. The highest BCUT2D eigenvalue weighted by atomic mass is 15.0. The highest BCUT2D eigenvalue weighted by Gasteiger charge is 2.24. The average molecular weight is 181 g/mol. The van der Waals surface area contributed by atoms with Crippen LogP contribution in [0.25, 0.3) is 0 Å². The standard InChI is InChI=1S/C12H23N/c1-10(11-6-2-3-7-11)13-12-8-4-5-9-12/h10-13H,2-9H2,1H3/t10-/m0/s1. The molecule has 2 rings (SSSR count). The van der Waals surface area contributed by atoms with E-state index in [0.717, 1.165) is 18.0 Å². The van der Waals surface area contributed by atoms with Gasteiger partial charge in [-0.3, -0.25) is 0 Å². The lowest BCUT2D eigenvalue weighted by molar-refractivity contribution is 0.342. The maximum atomic E-state index is 3.82. The minimum atomic E-state index is 0.783. The molecule has 13 heavy (non-hydrogen) atoms. The second-order valence-corrected chi connectivity index (χ2v) is 4.98. The van der Waals surface area contributed by atoms with Crippen LogP contribution in [0.1, 0.15) is 58.3 Å². The van der Waals surface area contributed by atoms with Gasteiger partial charge in [-0.1, -0.05) is 25.7 Å². The van der Waals surface area contributed by atoms with Crippen molar-refractivity contribution in [2.75, 3.05) is 0 Å². The van der Waals surface area contributed by atoms with E-state index in [4.69, 9.17) is 0 Å². The van der Waals surface area contributed by atoms with Crippen molar-refractivity contribution in [3.8, 4) is 0 Å². The average Bonchev–Trinajstić information content (AvgIpc) is 2.74. The number of hydrogen-bond donors (Lipinski definition) is 1. The fourth-order valence-electron chi connectivity index (χ4n) is 3.06. The highest BCUT2D eigenvalue weighted by Crippen LogP contribution is 2.29. The molecular formula is C12H23N. The molecule has 1 heteroatoms. The van der Waals surface area contributed by atoms with Gasteiger partial charge < -0.3 is 5.32 Å². The summed E-state index contributed by atoms with van der Waals surface area (Å²) in [5.74, 6) is 0.987. The molecule has 0 amide bonds. The molecule has 0 spiro atoms. The van der Waals surface area contributed by atoms with Crippen LogP contribution < -0.4 is 5.32 Å². The Balaban J connectivity index is 1.73. The Hall–Kier alpha value is -0.0400. The Morgan fingerprint density at radius 3 is 2.08 bits per heavy atom. The second kappa shape index (κ2) is 4.45. The zero-order valence-electron chi connectivity index (χ0n) is 8.89. The third-order valence-electron chi connectivity index (χ3n) is 3.96. The van der Waals surface area contributed by atoms with E-state index in [1.807, 2.05) is 0 Å². The van der Waals surface area contributed by atoms with Gasteiger partial charge in [0, 0.05) is 12.1 Å². The van der Waals surface area contributed by atoms with E-state index in [1.165, 1.54) is 51.4 Å². The molecule has 0 aromatic rings. The smallest absolute Gasteiger partial charge is 0.00696 e. The van der Waals surface area contributed by atoms with Crippen molar-refractivity contribution in [3.05, 3.63) is 0 Å². The summed E-state index contributed by atoms with van der Waals surface area (Å²) < 4.78 is 0. The minimum absolute atomic E-state index is 0.783. The first-order valence-corrected chi connectivity index (χ1v) is 6.12. The molecule has 1 N–H and O–H groups in total. The Labute approximate surface area is 82.3 Å². The first kappa shape index (κ1) is 9.51. The van der Waals surface area contributed by atoms with Gasteiger partial charge in [0.25, 0.3) is 0 Å². The summed E-state index contributed by atoms with van der Waals surface area (Å²) in [6, 6.07) is 1.64. The molecule has 0 saturated heterocycles. The van der Waals surface area contributed by atoms with Crippen molar-refractivity contribution < 1.29 is 0 Å². The van der Waals surface area contributed by atoms with Crippen LogP contribution in [0.15, 0.2) is 0 Å². The van der Waals surface area contributed by atoms with Crippen molar-refractivity contribution in [1.29, 1.82) is 0 Å². The molecule has 0 aromatic heterocycles. The molecule has 2 fully saturated rings. The molecule has 0 aromatic carbocycles. The Kier molecular flexibility index (Phi) is 3.26. The summed E-state index contributed by atoms with van der Waals surface area (Å²) in [5, 5.41) is 3.82. The topological polar surface area (TPSA) is 12.0 Å². The lowest BCUT2D eigenvalue weighted by atomic mass is 9.99. The zero-order valence-corrected chi connectivity index (χ0v) is 8.89. The quantitative estimate of drug-likeness (QED) is 0.705. The highest BCUT2D eigenvalue weighted by molar-refractivity contribution is 4.82. The molecule has 0 bridgehead atoms. The van der Waals surface area contributed by atoms with Gasteiger partial charge in [-0.2, -0.15) is 0 Å². The van der Waals surface area contributed by atoms with E-state index >= 15 is 0 Å². The van der Waals surface area contributed by atoms with E-state index in [9.17, 15) is 0 Å². The lowest BCUT2D eigenvalue weighted by Crippen LogP contribution is -2.38. The largest absolute Gasteiger partial charge is 0.311 e. The number of hydrogen-bond acceptors (Lipinski definition) is 1. The number of nitrogens with one attached hydrogen (secondary N) is 1. The molecule has 0 radical (unpaired) electrons. The third-order valence-corrected chi connectivity index (χ3v) is 3.96. The molecule has 2 aliphatic rings. The van der Waals surface area contributed by atoms with Crippen LogP contribution in [-0.2, 0) is 0 Å². The molecule has 0 heterocycles. The predicted molar refractivity (Wildman–Crippen MR) is 56.8 cm³/mol. The van der Waals surface area contributed by atoms with Gasteiger partial charge in [-0.15, -0.1) is 0 Å². The summed E-state index contributed by atoms with van der Waals surface area (Å²) in [6.45, 7) is 2.40. The van der Waals surface area contributed by atoms with Crippen LogP contribution in [0.4, 0.5) is 0 Å². The summed E-state index contributed by atoms with van der Waals surface area (Å²) in [5.41, 5.74) is 0. The van der Waals surface area contributed by atoms with Crippen molar-refractivity contribution >= 4 is 0 Å². The van der Waals surface area contributed by atoms with Crippen LogP contribution in [0, 0.1) is 5.92 Å². The summed E-state index contributed by atoms with van der Waals surface area (Å²) >= 11 is 0. The molecule has 0 aliphatic heterocycles. The van der Waals surface area contributed by atoms with Crippen LogP contribution in [0.5, 0.6) is 0 Å². The van der Waals surface area contributed by atoms with Gasteiger partial charge in [0.2, 0.25) is 0 Å². The van der Waals surface area contributed by atoms with Crippen LogP contribution >= 0.6 is 0 Å². The van der Waals surface area contributed by atoms with Gasteiger partial charge >= 0.3 is 0 Å². The fourth-order valence-corrected chi connectivity index (χ4v) is 3.06. The van der Waals surface area contributed by atoms with Crippen LogP contribution in [-0.4, -0.2) is 12.1 Å². The van der Waals surface area contributed by atoms with Gasteiger partial charge in [-0.25, -0.2) is 0 Å². The Morgan fingerprint density at radius 1 is 0.923 bits per heavy atom. The Morgan fingerprint density at radius 2 is 1.46 bits per heavy atom. The first-order chi connectivity index (χ1) is 6.36. The summed E-state index contributed by atoms with van der Waals surface area (Å²) in [6.07, 6.45) is 11.7. The van der Waals surface area contributed by atoms with E-state index in [1.54, 1.807) is 0 Å². The van der Waals surface area contributed by atoms with Gasteiger partial charge in [0.15, 0.2) is 0 Å². The van der Waals surface area contributed by atoms with Gasteiger partial charge in [0.1, 0.15) is 0 Å². The SMILES string of the molecule is C[C@H](NC1CCCC1)C1CCCC1. The van der Waals surface area contributed by atoms with Gasteiger partial charge in [-0.05, 0) is 38.5 Å². The predicted octanol–water partition coefficient (Wildman–Crippen LogP) is 3.10. The van der Waals surface area contributed by atoms with Crippen molar-refractivity contribution in [1.82, 2.24) is 5.32 Å². The maximum Gasteiger partial charge on any atom is 0.00696 e. The second-order valence-electron chi connectivity index (χ2n) is 4.98. The lowest BCUT2D eigenvalue weighted by Gasteiger charge is -2.24. The molecule has 1 atom stereocenters. The molecule has 76 valence electrons. The van der Waals surface area contributed by atoms with Gasteiger partial charge in [0.05, 0.1) is 0 Å². The van der Waals surface area contributed by atoms with Crippen LogP contribution in [0.2, 0.25) is 0 Å². The molecule has 0 unspecified atom stereocenters.